The summed E-state index contributed by atoms with van der Waals surface area (Å²) in [5.74, 6) is 1.63. The number of hydrogen-bond donors (Lipinski definition) is 2. The van der Waals surface area contributed by atoms with E-state index in [1.54, 1.807) is 27.6 Å². The van der Waals surface area contributed by atoms with E-state index < -0.39 is 6.04 Å². The molecule has 0 spiro atoms. The van der Waals surface area contributed by atoms with Crippen molar-refractivity contribution in [3.63, 3.8) is 0 Å². The summed E-state index contributed by atoms with van der Waals surface area (Å²) in [6, 6.07) is 12.2. The van der Waals surface area contributed by atoms with Gasteiger partial charge in [-0.1, -0.05) is 12.1 Å². The van der Waals surface area contributed by atoms with Crippen molar-refractivity contribution in [1.29, 1.82) is 0 Å². The van der Waals surface area contributed by atoms with Gasteiger partial charge in [-0.3, -0.25) is 14.4 Å². The van der Waals surface area contributed by atoms with Crippen LogP contribution in [-0.2, 0) is 27.4 Å². The van der Waals surface area contributed by atoms with Crippen LogP contribution < -0.4 is 20.1 Å². The quantitative estimate of drug-likeness (QED) is 0.342. The maximum Gasteiger partial charge on any atom is 0.252 e. The molecule has 1 saturated heterocycles. The number of amides is 3. The Morgan fingerprint density at radius 2 is 2.00 bits per heavy atom. The molecular formula is C34H39N7O6. The van der Waals surface area contributed by atoms with Crippen molar-refractivity contribution >= 4 is 23.5 Å². The van der Waals surface area contributed by atoms with Gasteiger partial charge in [-0.2, -0.15) is 10.1 Å². The minimum atomic E-state index is -0.392. The van der Waals surface area contributed by atoms with E-state index in [1.807, 2.05) is 38.1 Å². The van der Waals surface area contributed by atoms with Gasteiger partial charge in [0.1, 0.15) is 23.6 Å². The standard InChI is InChI=1S/C34H39N7O6/c1-21-28(22(2)41-34(38-21)36-20-37-41)9-10-32(43)40-13-11-30-29(18-40)39-31(42)8-5-12-35-33(44)24-15-26(45-3)17-27(16-24)47-25-7-4-6-23(14-25)19-46-30/h4,6-7,14-17,20,29-30H,5,8-13,18-19H2,1-3H3,(H,35,44)(H,39,42)/t29-,30-/m0/s1. The molecule has 4 aromatic rings. The molecule has 4 heterocycles. The van der Waals surface area contributed by atoms with Gasteiger partial charge >= 0.3 is 0 Å². The highest BCUT2D eigenvalue weighted by Gasteiger charge is 2.33. The number of carbonyl (C=O) groups is 3. The smallest absolute Gasteiger partial charge is 0.252 e. The van der Waals surface area contributed by atoms with Crippen LogP contribution in [-0.4, -0.2) is 81.1 Å². The molecule has 0 aliphatic carbocycles. The SMILES string of the molecule is COc1cc2cc(c1)C(=O)NCCCC(=O)N[C@H]1CN(C(=O)CCc3c(C)nc4ncnn4c3C)CC[C@@H]1OCc1cccc(c1)O2. The van der Waals surface area contributed by atoms with E-state index in [0.717, 1.165) is 22.5 Å². The van der Waals surface area contributed by atoms with Gasteiger partial charge in [0.05, 0.1) is 25.9 Å². The Labute approximate surface area is 272 Å². The van der Waals surface area contributed by atoms with E-state index in [4.69, 9.17) is 14.2 Å². The van der Waals surface area contributed by atoms with Crippen molar-refractivity contribution in [3.8, 4) is 17.2 Å². The molecule has 4 bridgehead atoms. The zero-order valence-corrected chi connectivity index (χ0v) is 26.8. The highest BCUT2D eigenvalue weighted by atomic mass is 16.5. The first-order valence-electron chi connectivity index (χ1n) is 15.9. The average molecular weight is 642 g/mol. The fourth-order valence-corrected chi connectivity index (χ4v) is 6.15. The molecule has 2 aromatic heterocycles. The number of rotatable bonds is 4. The highest BCUT2D eigenvalue weighted by Crippen LogP contribution is 2.29. The summed E-state index contributed by atoms with van der Waals surface area (Å²) in [6.07, 6.45) is 3.22. The van der Waals surface area contributed by atoms with Crippen molar-refractivity contribution in [3.05, 3.63) is 76.9 Å². The molecule has 6 rings (SSSR count). The maximum absolute atomic E-state index is 13.5. The summed E-state index contributed by atoms with van der Waals surface area (Å²) in [5, 5.41) is 10.2. The normalized spacial score (nSPS) is 19.1. The Hall–Kier alpha value is -5.04. The molecule has 2 aromatic carbocycles. The van der Waals surface area contributed by atoms with E-state index in [9.17, 15) is 14.4 Å². The average Bonchev–Trinajstić information content (AvgIpc) is 3.54. The molecular weight excluding hydrogens is 602 g/mol. The summed E-state index contributed by atoms with van der Waals surface area (Å²) in [5.41, 5.74) is 4.00. The molecule has 2 aliphatic rings. The van der Waals surface area contributed by atoms with Gasteiger partial charge in [0.2, 0.25) is 11.8 Å². The monoisotopic (exact) mass is 641 g/mol. The number of nitrogens with one attached hydrogen (secondary N) is 2. The number of benzene rings is 2. The molecule has 1 fully saturated rings. The number of fused-ring (bicyclic) bond motifs is 6. The Morgan fingerprint density at radius 1 is 1.13 bits per heavy atom. The van der Waals surface area contributed by atoms with Crippen LogP contribution in [0.5, 0.6) is 17.2 Å². The third kappa shape index (κ3) is 7.51. The molecule has 246 valence electrons. The van der Waals surface area contributed by atoms with Crippen LogP contribution >= 0.6 is 0 Å². The molecule has 2 aliphatic heterocycles. The third-order valence-corrected chi connectivity index (χ3v) is 8.67. The lowest BCUT2D eigenvalue weighted by molar-refractivity contribution is -0.137. The summed E-state index contributed by atoms with van der Waals surface area (Å²) >= 11 is 0. The van der Waals surface area contributed by atoms with Crippen LogP contribution in [0.1, 0.15) is 58.6 Å². The number of likely N-dealkylation sites (tertiary alicyclic amines) is 1. The van der Waals surface area contributed by atoms with Crippen LogP contribution in [0.15, 0.2) is 48.8 Å². The number of carbonyl (C=O) groups excluding carboxylic acids is 3. The van der Waals surface area contributed by atoms with Crippen molar-refractivity contribution in [1.82, 2.24) is 35.1 Å². The number of methoxy groups -OCH3 is 1. The Kier molecular flexibility index (Phi) is 9.62. The fourth-order valence-electron chi connectivity index (χ4n) is 6.15. The van der Waals surface area contributed by atoms with E-state index in [-0.39, 0.29) is 30.2 Å². The number of ether oxygens (including phenoxy) is 3. The predicted octanol–water partition coefficient (Wildman–Crippen LogP) is 3.30. The van der Waals surface area contributed by atoms with E-state index in [0.29, 0.717) is 80.5 Å². The van der Waals surface area contributed by atoms with Crippen molar-refractivity contribution in [2.75, 3.05) is 26.7 Å². The van der Waals surface area contributed by atoms with Gasteiger partial charge in [-0.15, -0.1) is 0 Å². The minimum Gasteiger partial charge on any atom is -0.497 e. The summed E-state index contributed by atoms with van der Waals surface area (Å²) in [4.78, 5) is 50.0. The van der Waals surface area contributed by atoms with E-state index in [2.05, 4.69) is 25.7 Å². The number of aryl methyl sites for hydroxylation is 2. The molecule has 13 heteroatoms. The predicted molar refractivity (Wildman–Crippen MR) is 171 cm³/mol. The topological polar surface area (TPSA) is 149 Å². The van der Waals surface area contributed by atoms with Crippen LogP contribution in [0.2, 0.25) is 0 Å². The van der Waals surface area contributed by atoms with Crippen LogP contribution in [0.25, 0.3) is 5.78 Å². The minimum absolute atomic E-state index is 0.00189. The largest absolute Gasteiger partial charge is 0.497 e. The fraction of sp³-hybridized carbons (Fsp3) is 0.412. The summed E-state index contributed by atoms with van der Waals surface area (Å²) in [6.45, 7) is 5.34. The molecule has 0 radical (unpaired) electrons. The van der Waals surface area contributed by atoms with Gasteiger partial charge in [0.25, 0.3) is 11.7 Å². The van der Waals surface area contributed by atoms with E-state index >= 15 is 0 Å². The van der Waals surface area contributed by atoms with Gasteiger partial charge in [0, 0.05) is 55.5 Å². The second-order valence-electron chi connectivity index (χ2n) is 11.9. The molecule has 47 heavy (non-hydrogen) atoms. The number of hydrogen-bond acceptors (Lipinski definition) is 9. The third-order valence-electron chi connectivity index (χ3n) is 8.67. The molecule has 3 amide bonds. The first-order chi connectivity index (χ1) is 22.8. The van der Waals surface area contributed by atoms with Gasteiger partial charge in [-0.25, -0.2) is 9.50 Å². The van der Waals surface area contributed by atoms with Crippen LogP contribution in [0.4, 0.5) is 0 Å². The van der Waals surface area contributed by atoms with Gasteiger partial charge < -0.3 is 29.7 Å². The first kappa shape index (κ1) is 31.9. The zero-order valence-electron chi connectivity index (χ0n) is 26.8. The van der Waals surface area contributed by atoms with E-state index in [1.165, 1.54) is 13.4 Å². The van der Waals surface area contributed by atoms with Crippen molar-refractivity contribution in [2.45, 2.75) is 64.7 Å². The molecule has 13 nitrogen and oxygen atoms in total. The maximum atomic E-state index is 13.5. The first-order valence-corrected chi connectivity index (χ1v) is 15.9. The lowest BCUT2D eigenvalue weighted by Crippen LogP contribution is -2.57. The van der Waals surface area contributed by atoms with Gasteiger partial charge in [0.15, 0.2) is 0 Å². The number of nitrogens with zero attached hydrogens (tertiary/aromatic N) is 5. The summed E-state index contributed by atoms with van der Waals surface area (Å²) < 4.78 is 19.6. The number of aromatic nitrogens is 4. The zero-order chi connectivity index (χ0) is 32.9. The Balaban J connectivity index is 1.16. The molecule has 2 N–H and O–H groups in total. The lowest BCUT2D eigenvalue weighted by atomic mass is 10.00. The number of piperidine rings is 1. The van der Waals surface area contributed by atoms with Crippen molar-refractivity contribution in [2.24, 2.45) is 0 Å². The molecule has 2 atom stereocenters. The van der Waals surface area contributed by atoms with Gasteiger partial charge in [-0.05, 0) is 68.5 Å². The molecule has 0 unspecified atom stereocenters. The summed E-state index contributed by atoms with van der Waals surface area (Å²) in [7, 11) is 1.53. The Morgan fingerprint density at radius 3 is 2.85 bits per heavy atom. The molecule has 0 saturated carbocycles. The highest BCUT2D eigenvalue weighted by molar-refractivity contribution is 5.95. The second-order valence-corrected chi connectivity index (χ2v) is 11.9. The van der Waals surface area contributed by atoms with Crippen molar-refractivity contribution < 1.29 is 28.6 Å². The van der Waals surface area contributed by atoms with Crippen LogP contribution in [0.3, 0.4) is 0 Å². The Bertz CT molecular complexity index is 1790. The lowest BCUT2D eigenvalue weighted by Gasteiger charge is -2.39. The second kappa shape index (κ2) is 14.2. The van der Waals surface area contributed by atoms with Crippen LogP contribution in [0, 0.1) is 13.8 Å².